The fourth-order valence-corrected chi connectivity index (χ4v) is 1.87. The van der Waals surface area contributed by atoms with Crippen molar-refractivity contribution in [2.75, 3.05) is 0 Å². The van der Waals surface area contributed by atoms with E-state index in [4.69, 9.17) is 12.2 Å². The Hall–Kier alpha value is -1.68. The second kappa shape index (κ2) is 4.06. The fraction of sp³-hybridized carbons (Fsp3) is 0.167. The van der Waals surface area contributed by atoms with Crippen LogP contribution < -0.4 is 5.69 Å². The summed E-state index contributed by atoms with van der Waals surface area (Å²) < 4.78 is 2.03. The van der Waals surface area contributed by atoms with E-state index in [2.05, 4.69) is 4.98 Å². The average molecular weight is 232 g/mol. The number of benzene rings is 1. The predicted molar refractivity (Wildman–Crippen MR) is 67.0 cm³/mol. The molecule has 0 bridgehead atoms. The molecule has 0 aliphatic rings. The molecule has 1 aromatic carbocycles. The number of aryl methyl sites for hydroxylation is 1. The van der Waals surface area contributed by atoms with Crippen LogP contribution in [0, 0.1) is 11.6 Å². The van der Waals surface area contributed by atoms with Crippen LogP contribution in [0.3, 0.4) is 0 Å². The van der Waals surface area contributed by atoms with Gasteiger partial charge >= 0.3 is 5.69 Å². The third kappa shape index (κ3) is 1.84. The largest absolute Gasteiger partial charge is 0.326 e. The van der Waals surface area contributed by atoms with Crippen LogP contribution in [0.1, 0.15) is 5.56 Å². The maximum Gasteiger partial charge on any atom is 0.326 e. The molecule has 0 aliphatic heterocycles. The summed E-state index contributed by atoms with van der Waals surface area (Å²) in [6.07, 6.45) is 0. The van der Waals surface area contributed by atoms with Crippen molar-refractivity contribution in [1.82, 2.24) is 9.55 Å². The van der Waals surface area contributed by atoms with E-state index in [0.29, 0.717) is 4.64 Å². The molecule has 0 radical (unpaired) electrons. The normalized spacial score (nSPS) is 10.4. The highest BCUT2D eigenvalue weighted by atomic mass is 32.1. The van der Waals surface area contributed by atoms with Gasteiger partial charge in [-0.15, -0.1) is 0 Å². The van der Waals surface area contributed by atoms with Crippen LogP contribution >= 0.6 is 12.2 Å². The number of hydrogen-bond acceptors (Lipinski definition) is 2. The summed E-state index contributed by atoms with van der Waals surface area (Å²) in [5, 5.41) is 0. The number of nitrogens with zero attached hydrogens (tertiary/aromatic N) is 1. The quantitative estimate of drug-likeness (QED) is 0.767. The van der Waals surface area contributed by atoms with E-state index in [-0.39, 0.29) is 5.69 Å². The van der Waals surface area contributed by atoms with E-state index in [0.717, 1.165) is 16.8 Å². The van der Waals surface area contributed by atoms with Gasteiger partial charge in [-0.1, -0.05) is 36.5 Å². The van der Waals surface area contributed by atoms with Crippen LogP contribution in [-0.4, -0.2) is 9.55 Å². The van der Waals surface area contributed by atoms with Crippen LogP contribution in [0.4, 0.5) is 0 Å². The molecule has 82 valence electrons. The fourth-order valence-electron chi connectivity index (χ4n) is 1.67. The number of nitrogens with one attached hydrogen (secondary N) is 1. The minimum atomic E-state index is -0.189. The van der Waals surface area contributed by atoms with Crippen LogP contribution in [0.15, 0.2) is 35.1 Å². The zero-order valence-electron chi connectivity index (χ0n) is 9.15. The summed E-state index contributed by atoms with van der Waals surface area (Å²) in [4.78, 5) is 14.2. The maximum absolute atomic E-state index is 11.6. The minimum Gasteiger partial charge on any atom is -0.298 e. The first-order valence-electron chi connectivity index (χ1n) is 4.96. The SMILES string of the molecule is Cc1ccccc1-c1cc(=S)[nH]c(=O)n1C. The first kappa shape index (κ1) is 10.8. The Kier molecular flexibility index (Phi) is 2.75. The lowest BCUT2D eigenvalue weighted by molar-refractivity contribution is 0.815. The molecule has 0 fully saturated rings. The van der Waals surface area contributed by atoms with Gasteiger partial charge < -0.3 is 0 Å². The van der Waals surface area contributed by atoms with Crippen molar-refractivity contribution in [1.29, 1.82) is 0 Å². The van der Waals surface area contributed by atoms with Gasteiger partial charge in [-0.25, -0.2) is 4.79 Å². The van der Waals surface area contributed by atoms with Gasteiger partial charge in [0.25, 0.3) is 0 Å². The molecule has 0 unspecified atom stereocenters. The van der Waals surface area contributed by atoms with Crippen molar-refractivity contribution in [3.05, 3.63) is 51.0 Å². The molecular weight excluding hydrogens is 220 g/mol. The van der Waals surface area contributed by atoms with Crippen molar-refractivity contribution in [3.8, 4) is 11.3 Å². The topological polar surface area (TPSA) is 37.8 Å². The number of hydrogen-bond donors (Lipinski definition) is 1. The van der Waals surface area contributed by atoms with Gasteiger partial charge in [-0.3, -0.25) is 9.55 Å². The van der Waals surface area contributed by atoms with Crippen molar-refractivity contribution in [2.45, 2.75) is 6.92 Å². The van der Waals surface area contributed by atoms with Gasteiger partial charge in [0.05, 0.1) is 5.69 Å². The Morgan fingerprint density at radius 2 is 2.00 bits per heavy atom. The Balaban J connectivity index is 2.80. The molecule has 3 nitrogen and oxygen atoms in total. The van der Waals surface area contributed by atoms with E-state index in [9.17, 15) is 4.79 Å². The second-order valence-corrected chi connectivity index (χ2v) is 4.14. The molecule has 0 spiro atoms. The highest BCUT2D eigenvalue weighted by molar-refractivity contribution is 7.71. The van der Waals surface area contributed by atoms with Crippen molar-refractivity contribution >= 4 is 12.2 Å². The predicted octanol–water partition coefficient (Wildman–Crippen LogP) is 2.42. The molecule has 1 heterocycles. The van der Waals surface area contributed by atoms with Gasteiger partial charge in [-0.05, 0) is 18.6 Å². The van der Waals surface area contributed by atoms with Gasteiger partial charge in [0.2, 0.25) is 0 Å². The summed E-state index contributed by atoms with van der Waals surface area (Å²) in [6.45, 7) is 2.01. The van der Waals surface area contributed by atoms with Crippen LogP contribution in [0.2, 0.25) is 0 Å². The maximum atomic E-state index is 11.6. The molecule has 0 aliphatic carbocycles. The summed E-state index contributed by atoms with van der Waals surface area (Å²) in [6, 6.07) is 9.73. The molecular formula is C12H12N2OS. The summed E-state index contributed by atoms with van der Waals surface area (Å²) in [5.74, 6) is 0. The summed E-state index contributed by atoms with van der Waals surface area (Å²) >= 11 is 5.02. The number of H-pyrrole nitrogens is 1. The lowest BCUT2D eigenvalue weighted by Crippen LogP contribution is -2.21. The first-order chi connectivity index (χ1) is 7.59. The molecule has 1 aromatic heterocycles. The Labute approximate surface area is 98.4 Å². The van der Waals surface area contributed by atoms with E-state index in [1.807, 2.05) is 31.2 Å². The van der Waals surface area contributed by atoms with E-state index in [1.54, 1.807) is 17.7 Å². The summed E-state index contributed by atoms with van der Waals surface area (Å²) in [5.41, 5.74) is 2.80. The molecule has 4 heteroatoms. The van der Waals surface area contributed by atoms with Gasteiger partial charge in [0.15, 0.2) is 0 Å². The molecule has 2 rings (SSSR count). The number of aromatic amines is 1. The Morgan fingerprint density at radius 1 is 1.31 bits per heavy atom. The standard InChI is InChI=1S/C12H12N2OS/c1-8-5-3-4-6-9(8)10-7-11(16)13-12(15)14(10)2/h3-7H,1-2H3,(H,13,15,16). The Morgan fingerprint density at radius 3 is 2.69 bits per heavy atom. The third-order valence-electron chi connectivity index (χ3n) is 2.58. The van der Waals surface area contributed by atoms with Crippen molar-refractivity contribution in [3.63, 3.8) is 0 Å². The van der Waals surface area contributed by atoms with E-state index in [1.165, 1.54) is 0 Å². The van der Waals surface area contributed by atoms with Crippen LogP contribution in [0.25, 0.3) is 11.3 Å². The minimum absolute atomic E-state index is 0.189. The molecule has 0 saturated heterocycles. The molecule has 2 aromatic rings. The second-order valence-electron chi connectivity index (χ2n) is 3.70. The zero-order valence-corrected chi connectivity index (χ0v) is 9.97. The highest BCUT2D eigenvalue weighted by Crippen LogP contribution is 2.20. The highest BCUT2D eigenvalue weighted by Gasteiger charge is 2.05. The number of aromatic nitrogens is 2. The average Bonchev–Trinajstić information content (AvgIpc) is 2.24. The van der Waals surface area contributed by atoms with Crippen molar-refractivity contribution < 1.29 is 0 Å². The third-order valence-corrected chi connectivity index (χ3v) is 2.80. The van der Waals surface area contributed by atoms with Gasteiger partial charge in [-0.2, -0.15) is 0 Å². The molecule has 0 saturated carbocycles. The zero-order chi connectivity index (χ0) is 11.7. The van der Waals surface area contributed by atoms with Crippen LogP contribution in [-0.2, 0) is 7.05 Å². The van der Waals surface area contributed by atoms with Gasteiger partial charge in [0, 0.05) is 12.6 Å². The molecule has 1 N–H and O–H groups in total. The van der Waals surface area contributed by atoms with Crippen LogP contribution in [0.5, 0.6) is 0 Å². The molecule has 0 atom stereocenters. The lowest BCUT2D eigenvalue weighted by atomic mass is 10.1. The first-order valence-corrected chi connectivity index (χ1v) is 5.37. The molecule has 16 heavy (non-hydrogen) atoms. The number of rotatable bonds is 1. The van der Waals surface area contributed by atoms with Crippen molar-refractivity contribution in [2.24, 2.45) is 7.05 Å². The van der Waals surface area contributed by atoms with E-state index < -0.39 is 0 Å². The smallest absolute Gasteiger partial charge is 0.298 e. The van der Waals surface area contributed by atoms with E-state index >= 15 is 0 Å². The summed E-state index contributed by atoms with van der Waals surface area (Å²) in [7, 11) is 1.73. The monoisotopic (exact) mass is 232 g/mol. The molecule has 0 amide bonds. The Bertz CT molecular complexity index is 640. The lowest BCUT2D eigenvalue weighted by Gasteiger charge is -2.09. The van der Waals surface area contributed by atoms with Gasteiger partial charge in [0.1, 0.15) is 4.64 Å².